The van der Waals surface area contributed by atoms with Crippen molar-refractivity contribution in [3.05, 3.63) is 69.8 Å². The molecular weight excluding hydrogens is 304 g/mol. The standard InChI is InChI=1S/C15H16N2O4S/c1-12-7-9-14(10-8-12)22(20,21)16(2)11-13-5-3-4-6-15(13)17(18)19/h3-10H,11H2,1-2H3. The maximum Gasteiger partial charge on any atom is 0.273 e. The van der Waals surface area contributed by atoms with Crippen LogP contribution >= 0.6 is 0 Å². The van der Waals surface area contributed by atoms with Crippen LogP contribution in [0.1, 0.15) is 11.1 Å². The van der Waals surface area contributed by atoms with Gasteiger partial charge in [-0.15, -0.1) is 0 Å². The quantitative estimate of drug-likeness (QED) is 0.626. The predicted molar refractivity (Wildman–Crippen MR) is 82.9 cm³/mol. The number of rotatable bonds is 5. The van der Waals surface area contributed by atoms with Crippen molar-refractivity contribution in [1.82, 2.24) is 4.31 Å². The fourth-order valence-electron chi connectivity index (χ4n) is 2.04. The lowest BCUT2D eigenvalue weighted by Crippen LogP contribution is -2.26. The first kappa shape index (κ1) is 16.1. The van der Waals surface area contributed by atoms with Crippen molar-refractivity contribution in [3.63, 3.8) is 0 Å². The van der Waals surface area contributed by atoms with Gasteiger partial charge in [0, 0.05) is 25.2 Å². The first-order chi connectivity index (χ1) is 10.3. The number of nitro groups is 1. The summed E-state index contributed by atoms with van der Waals surface area (Å²) >= 11 is 0. The van der Waals surface area contributed by atoms with Crippen molar-refractivity contribution in [2.24, 2.45) is 0 Å². The van der Waals surface area contributed by atoms with Gasteiger partial charge in [-0.05, 0) is 19.1 Å². The van der Waals surface area contributed by atoms with Gasteiger partial charge in [-0.1, -0.05) is 35.9 Å². The molecule has 6 nitrogen and oxygen atoms in total. The number of nitro benzene ring substituents is 1. The predicted octanol–water partition coefficient (Wildman–Crippen LogP) is 2.72. The van der Waals surface area contributed by atoms with Crippen LogP contribution in [0.5, 0.6) is 0 Å². The number of aryl methyl sites for hydroxylation is 1. The molecule has 0 aliphatic carbocycles. The smallest absolute Gasteiger partial charge is 0.258 e. The summed E-state index contributed by atoms with van der Waals surface area (Å²) in [6, 6.07) is 12.6. The third-order valence-electron chi connectivity index (χ3n) is 3.31. The highest BCUT2D eigenvalue weighted by Crippen LogP contribution is 2.22. The van der Waals surface area contributed by atoms with Gasteiger partial charge in [-0.2, -0.15) is 4.31 Å². The van der Waals surface area contributed by atoms with Gasteiger partial charge in [0.15, 0.2) is 0 Å². The van der Waals surface area contributed by atoms with E-state index < -0.39 is 14.9 Å². The van der Waals surface area contributed by atoms with Crippen molar-refractivity contribution >= 4 is 15.7 Å². The molecule has 0 aliphatic heterocycles. The lowest BCUT2D eigenvalue weighted by atomic mass is 10.2. The number of para-hydroxylation sites is 1. The molecule has 0 fully saturated rings. The topological polar surface area (TPSA) is 80.5 Å². The van der Waals surface area contributed by atoms with Crippen LogP contribution in [0.3, 0.4) is 0 Å². The van der Waals surface area contributed by atoms with Gasteiger partial charge in [-0.3, -0.25) is 10.1 Å². The maximum atomic E-state index is 12.5. The monoisotopic (exact) mass is 320 g/mol. The average Bonchev–Trinajstić information content (AvgIpc) is 2.48. The first-order valence-corrected chi connectivity index (χ1v) is 8.01. The molecule has 0 amide bonds. The van der Waals surface area contributed by atoms with Crippen molar-refractivity contribution < 1.29 is 13.3 Å². The van der Waals surface area contributed by atoms with Crippen molar-refractivity contribution in [1.29, 1.82) is 0 Å². The summed E-state index contributed by atoms with van der Waals surface area (Å²) in [5.74, 6) is 0. The highest BCUT2D eigenvalue weighted by Gasteiger charge is 2.23. The molecule has 0 bridgehead atoms. The van der Waals surface area contributed by atoms with Crippen LogP contribution in [0.25, 0.3) is 0 Å². The van der Waals surface area contributed by atoms with E-state index in [1.54, 1.807) is 30.3 Å². The van der Waals surface area contributed by atoms with Crippen LogP contribution in [0.4, 0.5) is 5.69 Å². The second-order valence-corrected chi connectivity index (χ2v) is 7.00. The minimum absolute atomic E-state index is 0.0621. The molecule has 2 rings (SSSR count). The number of hydrogen-bond acceptors (Lipinski definition) is 4. The molecule has 0 heterocycles. The zero-order chi connectivity index (χ0) is 16.3. The van der Waals surface area contributed by atoms with E-state index in [-0.39, 0.29) is 17.1 Å². The van der Waals surface area contributed by atoms with Crippen LogP contribution < -0.4 is 0 Å². The Morgan fingerprint density at radius 3 is 2.27 bits per heavy atom. The Kier molecular flexibility index (Phi) is 4.58. The zero-order valence-corrected chi connectivity index (χ0v) is 13.1. The highest BCUT2D eigenvalue weighted by atomic mass is 32.2. The van der Waals surface area contributed by atoms with Gasteiger partial charge in [0.25, 0.3) is 5.69 Å². The Balaban J connectivity index is 2.31. The molecule has 22 heavy (non-hydrogen) atoms. The largest absolute Gasteiger partial charge is 0.273 e. The van der Waals surface area contributed by atoms with Crippen molar-refractivity contribution in [2.45, 2.75) is 18.4 Å². The van der Waals surface area contributed by atoms with Crippen LogP contribution in [0.2, 0.25) is 0 Å². The molecule has 0 spiro atoms. The molecule has 0 aromatic heterocycles. The molecule has 7 heteroatoms. The lowest BCUT2D eigenvalue weighted by Gasteiger charge is -2.17. The van der Waals surface area contributed by atoms with Crippen LogP contribution in [0, 0.1) is 17.0 Å². The molecule has 2 aromatic rings. The van der Waals surface area contributed by atoms with E-state index in [2.05, 4.69) is 0 Å². The second kappa shape index (κ2) is 6.25. The molecule has 2 aromatic carbocycles. The highest BCUT2D eigenvalue weighted by molar-refractivity contribution is 7.89. The van der Waals surface area contributed by atoms with Gasteiger partial charge in [0.2, 0.25) is 10.0 Å². The minimum Gasteiger partial charge on any atom is -0.258 e. The fourth-order valence-corrected chi connectivity index (χ4v) is 3.19. The van der Waals surface area contributed by atoms with E-state index in [0.29, 0.717) is 5.56 Å². The van der Waals surface area contributed by atoms with Gasteiger partial charge in [0.05, 0.1) is 9.82 Å². The van der Waals surface area contributed by atoms with E-state index in [1.165, 1.54) is 25.2 Å². The third kappa shape index (κ3) is 3.32. The SMILES string of the molecule is Cc1ccc(S(=O)(=O)N(C)Cc2ccccc2[N+](=O)[O-])cc1. The summed E-state index contributed by atoms with van der Waals surface area (Å²) in [5, 5.41) is 11.0. The first-order valence-electron chi connectivity index (χ1n) is 6.57. The van der Waals surface area contributed by atoms with E-state index in [1.807, 2.05) is 6.92 Å². The Bertz CT molecular complexity index is 785. The Morgan fingerprint density at radius 1 is 1.09 bits per heavy atom. The minimum atomic E-state index is -3.69. The Morgan fingerprint density at radius 2 is 1.68 bits per heavy atom. The average molecular weight is 320 g/mol. The fraction of sp³-hybridized carbons (Fsp3) is 0.200. The molecule has 0 unspecified atom stereocenters. The maximum absolute atomic E-state index is 12.5. The summed E-state index contributed by atoms with van der Waals surface area (Å²) in [4.78, 5) is 10.7. The van der Waals surface area contributed by atoms with Gasteiger partial charge in [0.1, 0.15) is 0 Å². The second-order valence-electron chi connectivity index (χ2n) is 4.96. The van der Waals surface area contributed by atoms with Crippen LogP contribution in [-0.4, -0.2) is 24.7 Å². The lowest BCUT2D eigenvalue weighted by molar-refractivity contribution is -0.385. The summed E-state index contributed by atoms with van der Waals surface area (Å²) in [6.07, 6.45) is 0. The third-order valence-corrected chi connectivity index (χ3v) is 5.13. The summed E-state index contributed by atoms with van der Waals surface area (Å²) in [5.41, 5.74) is 1.22. The number of nitrogens with zero attached hydrogens (tertiary/aromatic N) is 2. The van der Waals surface area contributed by atoms with E-state index in [9.17, 15) is 18.5 Å². The molecule has 0 radical (unpaired) electrons. The van der Waals surface area contributed by atoms with Gasteiger partial charge < -0.3 is 0 Å². The molecule has 0 saturated carbocycles. The summed E-state index contributed by atoms with van der Waals surface area (Å²) < 4.78 is 26.1. The number of hydrogen-bond donors (Lipinski definition) is 0. The normalized spacial score (nSPS) is 11.6. The van der Waals surface area contributed by atoms with Gasteiger partial charge >= 0.3 is 0 Å². The van der Waals surface area contributed by atoms with Crippen molar-refractivity contribution in [3.8, 4) is 0 Å². The van der Waals surface area contributed by atoms with E-state index >= 15 is 0 Å². The van der Waals surface area contributed by atoms with Crippen LogP contribution in [0.15, 0.2) is 53.4 Å². The molecule has 116 valence electrons. The Hall–Kier alpha value is -2.25. The van der Waals surface area contributed by atoms with E-state index in [4.69, 9.17) is 0 Å². The number of sulfonamides is 1. The zero-order valence-electron chi connectivity index (χ0n) is 12.3. The molecule has 0 N–H and O–H groups in total. The van der Waals surface area contributed by atoms with Crippen molar-refractivity contribution in [2.75, 3.05) is 7.05 Å². The summed E-state index contributed by atoms with van der Waals surface area (Å²) in [6.45, 7) is 1.81. The summed E-state index contributed by atoms with van der Waals surface area (Å²) in [7, 11) is -2.28. The van der Waals surface area contributed by atoms with Crippen LogP contribution in [-0.2, 0) is 16.6 Å². The Labute approximate surface area is 129 Å². The van der Waals surface area contributed by atoms with E-state index in [0.717, 1.165) is 9.87 Å². The molecule has 0 saturated heterocycles. The molecule has 0 atom stereocenters. The number of benzene rings is 2. The molecular formula is C15H16N2O4S. The van der Waals surface area contributed by atoms with Gasteiger partial charge in [-0.25, -0.2) is 8.42 Å². The molecule has 0 aliphatic rings.